The summed E-state index contributed by atoms with van der Waals surface area (Å²) in [6.45, 7) is 3.18. The predicted octanol–water partition coefficient (Wildman–Crippen LogP) is 3.31. The van der Waals surface area contributed by atoms with E-state index in [0.29, 0.717) is 6.04 Å². The van der Waals surface area contributed by atoms with Crippen molar-refractivity contribution in [1.29, 1.82) is 0 Å². The lowest BCUT2D eigenvalue weighted by Crippen LogP contribution is -2.49. The van der Waals surface area contributed by atoms with Gasteiger partial charge in [-0.1, -0.05) is 22.0 Å². The summed E-state index contributed by atoms with van der Waals surface area (Å²) in [7, 11) is 1.81. The summed E-state index contributed by atoms with van der Waals surface area (Å²) in [5, 5.41) is 6.89. The lowest BCUT2D eigenvalue weighted by molar-refractivity contribution is 0.197. The highest BCUT2D eigenvalue weighted by atomic mass is 79.9. The van der Waals surface area contributed by atoms with Gasteiger partial charge in [-0.3, -0.25) is 4.99 Å². The topological polar surface area (TPSA) is 39.7 Å². The number of hydrogen-bond acceptors (Lipinski definition) is 2. The monoisotopic (exact) mass is 410 g/mol. The first-order valence-corrected chi connectivity index (χ1v) is 10.1. The number of halogens is 2. The minimum absolute atomic E-state index is 0.140. The molecule has 2 aliphatic rings. The maximum absolute atomic E-state index is 13.8. The molecule has 0 unspecified atom stereocenters. The van der Waals surface area contributed by atoms with Crippen LogP contribution >= 0.6 is 15.9 Å². The van der Waals surface area contributed by atoms with Gasteiger partial charge in [0.25, 0.3) is 0 Å². The molecule has 0 radical (unpaired) electrons. The molecule has 25 heavy (non-hydrogen) atoms. The molecule has 0 bridgehead atoms. The summed E-state index contributed by atoms with van der Waals surface area (Å²) in [6.07, 6.45) is 6.74. The van der Waals surface area contributed by atoms with Gasteiger partial charge < -0.3 is 15.5 Å². The molecule has 138 valence electrons. The van der Waals surface area contributed by atoms with Gasteiger partial charge in [-0.25, -0.2) is 4.39 Å². The molecular weight excluding hydrogens is 383 g/mol. The summed E-state index contributed by atoms with van der Waals surface area (Å²) >= 11 is 3.29. The standard InChI is InChI=1S/C19H28BrFN4/c1-22-19(24-16-8-11-25(12-9-16)17-6-7-17)23-10-2-3-14-4-5-15(20)13-18(14)21/h4-5,13,16-17H,2-3,6-12H2,1H3,(H2,22,23,24). The average Bonchev–Trinajstić information content (AvgIpc) is 3.45. The second kappa shape index (κ2) is 8.99. The molecule has 4 nitrogen and oxygen atoms in total. The van der Waals surface area contributed by atoms with Gasteiger partial charge in [-0.15, -0.1) is 0 Å². The van der Waals surface area contributed by atoms with E-state index >= 15 is 0 Å². The Labute approximate surface area is 158 Å². The highest BCUT2D eigenvalue weighted by Gasteiger charge is 2.31. The third-order valence-corrected chi connectivity index (χ3v) is 5.58. The minimum Gasteiger partial charge on any atom is -0.356 e. The number of rotatable bonds is 6. The van der Waals surface area contributed by atoms with Crippen LogP contribution in [-0.2, 0) is 6.42 Å². The quantitative estimate of drug-likeness (QED) is 0.429. The normalized spacial score (nSPS) is 19.9. The van der Waals surface area contributed by atoms with E-state index in [-0.39, 0.29) is 5.82 Å². The van der Waals surface area contributed by atoms with Crippen LogP contribution in [0.3, 0.4) is 0 Å². The summed E-state index contributed by atoms with van der Waals surface area (Å²) in [5.41, 5.74) is 0.764. The van der Waals surface area contributed by atoms with Crippen molar-refractivity contribution >= 4 is 21.9 Å². The molecule has 3 rings (SSSR count). The van der Waals surface area contributed by atoms with Crippen molar-refractivity contribution in [1.82, 2.24) is 15.5 Å². The van der Waals surface area contributed by atoms with Crippen molar-refractivity contribution in [2.45, 2.75) is 50.6 Å². The predicted molar refractivity (Wildman–Crippen MR) is 105 cm³/mol. The van der Waals surface area contributed by atoms with Crippen LogP contribution in [0.2, 0.25) is 0 Å². The largest absolute Gasteiger partial charge is 0.356 e. The number of aryl methyl sites for hydroxylation is 1. The Hall–Kier alpha value is -1.14. The molecule has 0 aromatic heterocycles. The van der Waals surface area contributed by atoms with E-state index in [1.807, 2.05) is 19.2 Å². The van der Waals surface area contributed by atoms with E-state index in [0.717, 1.165) is 41.4 Å². The van der Waals surface area contributed by atoms with E-state index in [1.165, 1.54) is 44.8 Å². The Morgan fingerprint density at radius 2 is 2.04 bits per heavy atom. The number of guanidine groups is 1. The lowest BCUT2D eigenvalue weighted by atomic mass is 10.1. The zero-order chi connectivity index (χ0) is 17.6. The first-order valence-electron chi connectivity index (χ1n) is 9.31. The van der Waals surface area contributed by atoms with Crippen molar-refractivity contribution < 1.29 is 4.39 Å². The summed E-state index contributed by atoms with van der Waals surface area (Å²) in [5.74, 6) is 0.723. The van der Waals surface area contributed by atoms with Gasteiger partial charge in [0.15, 0.2) is 5.96 Å². The molecule has 2 N–H and O–H groups in total. The Morgan fingerprint density at radius 1 is 1.28 bits per heavy atom. The van der Waals surface area contributed by atoms with Gasteiger partial charge in [0.1, 0.15) is 5.82 Å². The summed E-state index contributed by atoms with van der Waals surface area (Å²) < 4.78 is 14.6. The van der Waals surface area contributed by atoms with E-state index in [2.05, 4.69) is 36.5 Å². The first-order chi connectivity index (χ1) is 12.2. The van der Waals surface area contributed by atoms with Crippen molar-refractivity contribution in [2.75, 3.05) is 26.7 Å². The van der Waals surface area contributed by atoms with Gasteiger partial charge in [0, 0.05) is 43.2 Å². The number of aliphatic imine (C=N–C) groups is 1. The third-order valence-electron chi connectivity index (χ3n) is 5.09. The SMILES string of the molecule is CN=C(NCCCc1ccc(Br)cc1F)NC1CCN(C2CC2)CC1. The van der Waals surface area contributed by atoms with Crippen molar-refractivity contribution in [3.63, 3.8) is 0 Å². The molecule has 0 amide bonds. The average molecular weight is 411 g/mol. The molecule has 6 heteroatoms. The van der Waals surface area contributed by atoms with Crippen LogP contribution in [0, 0.1) is 5.82 Å². The molecule has 1 saturated carbocycles. The molecule has 2 fully saturated rings. The maximum atomic E-state index is 13.8. The van der Waals surface area contributed by atoms with Crippen LogP contribution in [0.15, 0.2) is 27.7 Å². The summed E-state index contributed by atoms with van der Waals surface area (Å²) in [4.78, 5) is 6.95. The number of benzene rings is 1. The first kappa shape index (κ1) is 18.6. The fraction of sp³-hybridized carbons (Fsp3) is 0.632. The molecular formula is C19H28BrFN4. The maximum Gasteiger partial charge on any atom is 0.191 e. The second-order valence-electron chi connectivity index (χ2n) is 7.02. The Balaban J connectivity index is 1.35. The van der Waals surface area contributed by atoms with Crippen LogP contribution in [0.1, 0.15) is 37.7 Å². The molecule has 1 aromatic carbocycles. The summed E-state index contributed by atoms with van der Waals surface area (Å²) in [6, 6.07) is 6.64. The fourth-order valence-corrected chi connectivity index (χ4v) is 3.78. The third kappa shape index (κ3) is 5.68. The van der Waals surface area contributed by atoms with Gasteiger partial charge in [0.05, 0.1) is 0 Å². The second-order valence-corrected chi connectivity index (χ2v) is 7.94. The number of hydrogen-bond donors (Lipinski definition) is 2. The van der Waals surface area contributed by atoms with Crippen LogP contribution in [0.25, 0.3) is 0 Å². The highest BCUT2D eigenvalue weighted by molar-refractivity contribution is 9.10. The number of nitrogens with one attached hydrogen (secondary N) is 2. The van der Waals surface area contributed by atoms with E-state index < -0.39 is 0 Å². The molecule has 0 atom stereocenters. The van der Waals surface area contributed by atoms with Crippen molar-refractivity contribution in [3.8, 4) is 0 Å². The zero-order valence-corrected chi connectivity index (χ0v) is 16.5. The highest BCUT2D eigenvalue weighted by Crippen LogP contribution is 2.29. The Bertz CT molecular complexity index is 595. The molecule has 1 heterocycles. The van der Waals surface area contributed by atoms with Gasteiger partial charge >= 0.3 is 0 Å². The van der Waals surface area contributed by atoms with Gasteiger partial charge in [-0.2, -0.15) is 0 Å². The van der Waals surface area contributed by atoms with Crippen molar-refractivity contribution in [2.24, 2.45) is 4.99 Å². The van der Waals surface area contributed by atoms with Gasteiger partial charge in [0.2, 0.25) is 0 Å². The number of piperidine rings is 1. The Morgan fingerprint density at radius 3 is 2.68 bits per heavy atom. The molecule has 1 aliphatic heterocycles. The van der Waals surface area contributed by atoms with Crippen LogP contribution in [0.4, 0.5) is 4.39 Å². The molecule has 1 aliphatic carbocycles. The molecule has 0 spiro atoms. The van der Waals surface area contributed by atoms with Crippen LogP contribution in [0.5, 0.6) is 0 Å². The lowest BCUT2D eigenvalue weighted by Gasteiger charge is -2.33. The van der Waals surface area contributed by atoms with E-state index in [1.54, 1.807) is 0 Å². The zero-order valence-electron chi connectivity index (χ0n) is 14.9. The number of nitrogens with zero attached hydrogens (tertiary/aromatic N) is 2. The number of likely N-dealkylation sites (tertiary alicyclic amines) is 1. The smallest absolute Gasteiger partial charge is 0.191 e. The molecule has 1 aromatic rings. The fourth-order valence-electron chi connectivity index (χ4n) is 3.45. The van der Waals surface area contributed by atoms with Crippen LogP contribution in [-0.4, -0.2) is 49.6 Å². The van der Waals surface area contributed by atoms with Gasteiger partial charge in [-0.05, 0) is 56.2 Å². The Kier molecular flexibility index (Phi) is 6.70. The minimum atomic E-state index is -0.140. The molecule has 1 saturated heterocycles. The van der Waals surface area contributed by atoms with E-state index in [4.69, 9.17) is 0 Å². The van der Waals surface area contributed by atoms with E-state index in [9.17, 15) is 4.39 Å². The van der Waals surface area contributed by atoms with Crippen molar-refractivity contribution in [3.05, 3.63) is 34.1 Å². The van der Waals surface area contributed by atoms with Crippen LogP contribution < -0.4 is 10.6 Å².